The fourth-order valence-electron chi connectivity index (χ4n) is 4.59. The third-order valence-corrected chi connectivity index (χ3v) is 11.2. The van der Waals surface area contributed by atoms with Crippen molar-refractivity contribution >= 4 is 21.0 Å². The number of rotatable bonds is 8. The van der Waals surface area contributed by atoms with Gasteiger partial charge in [0.2, 0.25) is 0 Å². The Hall–Kier alpha value is -2.99. The summed E-state index contributed by atoms with van der Waals surface area (Å²) in [6.07, 6.45) is -7.61. The van der Waals surface area contributed by atoms with Gasteiger partial charge in [0.25, 0.3) is 0 Å². The molecule has 0 aliphatic rings. The van der Waals surface area contributed by atoms with E-state index in [0.717, 1.165) is 0 Å². The molecule has 0 aliphatic carbocycles. The lowest BCUT2D eigenvalue weighted by molar-refractivity contribution is -0.433. The summed E-state index contributed by atoms with van der Waals surface area (Å²) in [5.74, 6) is -32.6. The summed E-state index contributed by atoms with van der Waals surface area (Å²) in [7, 11) is -7.98. The van der Waals surface area contributed by atoms with Crippen molar-refractivity contribution in [2.24, 2.45) is 0 Å². The summed E-state index contributed by atoms with van der Waals surface area (Å²) < 4.78 is 189. The predicted octanol–water partition coefficient (Wildman–Crippen LogP) is 11.9. The standard InChI is InChI=1S/C30H39S.C6HF13O3S/c1-28(2,3)22-10-16-25(17-11-22)31(26-18-12-23(13-19-26)29(4,5)6)27-20-14-24(15-21-27)30(7,8)9;7-1(8,3(11,12)5(15,16)17)2(9,10)4(13,14)6(18,19)23(20,21)22/h10-21H,1-9H3;(H,20,21,22)/q+1;/p-1. The summed E-state index contributed by atoms with van der Waals surface area (Å²) in [6.45, 7) is 20.5. The van der Waals surface area contributed by atoms with Crippen LogP contribution in [0.5, 0.6) is 0 Å². The second kappa shape index (κ2) is 14.8. The van der Waals surface area contributed by atoms with Gasteiger partial charge in [0, 0.05) is 0 Å². The average molecular weight is 831 g/mol. The molecule has 0 amide bonds. The van der Waals surface area contributed by atoms with Crippen molar-refractivity contribution in [3.63, 3.8) is 0 Å². The van der Waals surface area contributed by atoms with Crippen molar-refractivity contribution in [2.75, 3.05) is 0 Å². The summed E-state index contributed by atoms with van der Waals surface area (Å²) in [4.78, 5) is 4.13. The van der Waals surface area contributed by atoms with E-state index in [2.05, 4.69) is 135 Å². The minimum atomic E-state index is -8.29. The number of alkyl halides is 13. The summed E-state index contributed by atoms with van der Waals surface area (Å²) >= 11 is 0. The molecular weight excluding hydrogens is 792 g/mol. The Labute approximate surface area is 308 Å². The maximum Gasteiger partial charge on any atom is 0.460 e. The maximum absolute atomic E-state index is 12.7. The Morgan fingerprint density at radius 3 is 0.815 bits per heavy atom. The van der Waals surface area contributed by atoms with Crippen LogP contribution < -0.4 is 0 Å². The maximum atomic E-state index is 12.7. The molecule has 0 radical (unpaired) electrons. The number of halogens is 13. The Balaban J connectivity index is 0.000000393. The molecule has 0 spiro atoms. The lowest BCUT2D eigenvalue weighted by Crippen LogP contribution is -2.71. The van der Waals surface area contributed by atoms with Gasteiger partial charge in [-0.25, -0.2) is 8.42 Å². The molecule has 0 saturated carbocycles. The van der Waals surface area contributed by atoms with Crippen molar-refractivity contribution < 1.29 is 70.0 Å². The summed E-state index contributed by atoms with van der Waals surface area (Å²) in [6, 6.07) is 27.8. The summed E-state index contributed by atoms with van der Waals surface area (Å²) in [5, 5.41) is -7.63. The highest BCUT2D eigenvalue weighted by Gasteiger charge is 2.91. The molecule has 3 rings (SSSR count). The van der Waals surface area contributed by atoms with Gasteiger partial charge in [0.05, 0.1) is 10.9 Å². The van der Waals surface area contributed by atoms with E-state index in [9.17, 15) is 70.0 Å². The molecule has 3 aromatic carbocycles. The highest BCUT2D eigenvalue weighted by molar-refractivity contribution is 7.97. The third kappa shape index (κ3) is 9.17. The van der Waals surface area contributed by atoms with Gasteiger partial charge in [0.1, 0.15) is 0 Å². The molecule has 304 valence electrons. The van der Waals surface area contributed by atoms with E-state index in [1.807, 2.05) is 0 Å². The van der Waals surface area contributed by atoms with Crippen LogP contribution in [-0.2, 0) is 37.3 Å². The van der Waals surface area contributed by atoms with Crippen molar-refractivity contribution in [1.29, 1.82) is 0 Å². The zero-order chi connectivity index (χ0) is 42.5. The molecule has 54 heavy (non-hydrogen) atoms. The van der Waals surface area contributed by atoms with E-state index in [1.165, 1.54) is 31.4 Å². The van der Waals surface area contributed by atoms with E-state index < -0.39 is 45.2 Å². The highest BCUT2D eigenvalue weighted by atomic mass is 32.2. The van der Waals surface area contributed by atoms with Crippen LogP contribution in [0, 0.1) is 0 Å². The second-order valence-electron chi connectivity index (χ2n) is 15.4. The monoisotopic (exact) mass is 830 g/mol. The molecule has 0 bridgehead atoms. The van der Waals surface area contributed by atoms with E-state index >= 15 is 0 Å². The fourth-order valence-corrected chi connectivity index (χ4v) is 7.08. The number of hydrogen-bond donors (Lipinski definition) is 0. The van der Waals surface area contributed by atoms with Gasteiger partial charge < -0.3 is 4.55 Å². The van der Waals surface area contributed by atoms with Gasteiger partial charge in [-0.3, -0.25) is 0 Å². The van der Waals surface area contributed by atoms with Crippen molar-refractivity contribution in [3.8, 4) is 0 Å². The van der Waals surface area contributed by atoms with Crippen molar-refractivity contribution in [3.05, 3.63) is 89.5 Å². The molecule has 0 saturated heterocycles. The van der Waals surface area contributed by atoms with Crippen molar-refractivity contribution in [1.82, 2.24) is 0 Å². The first kappa shape index (κ1) is 47.2. The van der Waals surface area contributed by atoms with Gasteiger partial charge in [-0.1, -0.05) is 98.7 Å². The fraction of sp³-hybridized carbons (Fsp3) is 0.500. The molecule has 0 atom stereocenters. The van der Waals surface area contributed by atoms with E-state index in [1.54, 1.807) is 0 Å². The molecule has 0 heterocycles. The molecule has 3 nitrogen and oxygen atoms in total. The van der Waals surface area contributed by atoms with Crippen LogP contribution in [0.1, 0.15) is 79.0 Å². The van der Waals surface area contributed by atoms with Crippen LogP contribution >= 0.6 is 0 Å². The quantitative estimate of drug-likeness (QED) is 0.129. The first-order valence-electron chi connectivity index (χ1n) is 15.7. The van der Waals surface area contributed by atoms with E-state index in [0.29, 0.717) is 0 Å². The molecule has 0 fully saturated rings. The lowest BCUT2D eigenvalue weighted by atomic mass is 9.87. The molecule has 0 unspecified atom stereocenters. The van der Waals surface area contributed by atoms with Crippen LogP contribution in [0.25, 0.3) is 0 Å². The highest BCUT2D eigenvalue weighted by Crippen LogP contribution is 2.60. The van der Waals surface area contributed by atoms with Crippen LogP contribution in [0.2, 0.25) is 0 Å². The van der Waals surface area contributed by atoms with Crippen molar-refractivity contribution in [2.45, 2.75) is 128 Å². The Kier molecular flexibility index (Phi) is 12.9. The molecule has 0 aliphatic heterocycles. The Bertz CT molecular complexity index is 1700. The lowest BCUT2D eigenvalue weighted by Gasteiger charge is -2.39. The van der Waals surface area contributed by atoms with Gasteiger partial charge in [-0.2, -0.15) is 57.1 Å². The molecule has 0 N–H and O–H groups in total. The minimum Gasteiger partial charge on any atom is -0.743 e. The van der Waals surface area contributed by atoms with Gasteiger partial charge in [-0.05, 0) is 69.3 Å². The molecule has 18 heteroatoms. The SMILES string of the molecule is CC(C)(C)c1ccc([S+](c2ccc(C(C)(C)C)cc2)c2ccc(C(C)(C)C)cc2)cc1.O=S(=O)([O-])C(F)(F)C(F)(F)C(F)(F)C(F)(F)C(F)(F)C(F)(F)F. The topological polar surface area (TPSA) is 57.2 Å². The first-order chi connectivity index (χ1) is 23.8. The minimum absolute atomic E-state index is 0.120. The van der Waals surface area contributed by atoms with E-state index in [-0.39, 0.29) is 27.1 Å². The van der Waals surface area contributed by atoms with Crippen LogP contribution in [0.15, 0.2) is 87.5 Å². The largest absolute Gasteiger partial charge is 0.743 e. The zero-order valence-corrected chi connectivity index (χ0v) is 32.0. The van der Waals surface area contributed by atoms with Gasteiger partial charge >= 0.3 is 35.1 Å². The number of hydrogen-bond acceptors (Lipinski definition) is 3. The normalized spacial score (nSPS) is 14.5. The Morgan fingerprint density at radius 1 is 0.407 bits per heavy atom. The average Bonchev–Trinajstić information content (AvgIpc) is 2.99. The first-order valence-corrected chi connectivity index (χ1v) is 18.4. The predicted molar refractivity (Wildman–Crippen MR) is 178 cm³/mol. The number of benzene rings is 3. The van der Waals surface area contributed by atoms with Crippen LogP contribution in [0.4, 0.5) is 57.1 Å². The van der Waals surface area contributed by atoms with Gasteiger partial charge in [0.15, 0.2) is 24.8 Å². The third-order valence-electron chi connectivity index (χ3n) is 8.09. The van der Waals surface area contributed by atoms with Gasteiger partial charge in [-0.15, -0.1) is 0 Å². The zero-order valence-electron chi connectivity index (χ0n) is 30.4. The van der Waals surface area contributed by atoms with E-state index in [4.69, 9.17) is 0 Å². The molecule has 0 aromatic heterocycles. The summed E-state index contributed by atoms with van der Waals surface area (Å²) in [5.41, 5.74) is 4.64. The molecular formula is C36H39F13O3S2. The Morgan fingerprint density at radius 2 is 0.630 bits per heavy atom. The van der Waals surface area contributed by atoms with Crippen LogP contribution in [0.3, 0.4) is 0 Å². The second-order valence-corrected chi connectivity index (χ2v) is 18.8. The molecule has 3 aromatic rings. The van der Waals surface area contributed by atoms with Crippen LogP contribution in [-0.4, -0.2) is 48.1 Å². The smallest absolute Gasteiger partial charge is 0.460 e.